The molecule has 3 aromatic rings. The van der Waals surface area contributed by atoms with Gasteiger partial charge in [-0.05, 0) is 80.2 Å². The minimum atomic E-state index is -0.627. The van der Waals surface area contributed by atoms with E-state index < -0.39 is 17.8 Å². The molecule has 1 unspecified atom stereocenters. The van der Waals surface area contributed by atoms with Gasteiger partial charge in [0.2, 0.25) is 0 Å². The first-order chi connectivity index (χ1) is 19.3. The number of aromatic hydroxyl groups is 2. The minimum absolute atomic E-state index is 0.00165. The van der Waals surface area contributed by atoms with Crippen molar-refractivity contribution in [3.63, 3.8) is 0 Å². The third-order valence-corrected chi connectivity index (χ3v) is 9.42. The number of likely N-dealkylation sites (tertiary alicyclic amines) is 1. The minimum Gasteiger partial charge on any atom is -0.508 e. The maximum absolute atomic E-state index is 15.0. The molecule has 7 rings (SSSR count). The summed E-state index contributed by atoms with van der Waals surface area (Å²) < 4.78 is 15.0. The Morgan fingerprint density at radius 3 is 1.85 bits per heavy atom. The fourth-order valence-electron chi connectivity index (χ4n) is 7.36. The second-order valence-corrected chi connectivity index (χ2v) is 11.7. The van der Waals surface area contributed by atoms with Crippen LogP contribution in [0.1, 0.15) is 50.6 Å². The van der Waals surface area contributed by atoms with Crippen LogP contribution in [0.5, 0.6) is 11.5 Å². The highest BCUT2D eigenvalue weighted by Crippen LogP contribution is 2.45. The van der Waals surface area contributed by atoms with E-state index in [2.05, 4.69) is 9.80 Å². The smallest absolute Gasteiger partial charge is 0.167 e. The van der Waals surface area contributed by atoms with E-state index in [1.807, 2.05) is 6.07 Å². The molecule has 0 amide bonds. The van der Waals surface area contributed by atoms with Gasteiger partial charge in [0.05, 0.1) is 0 Å². The molecule has 4 aliphatic heterocycles. The van der Waals surface area contributed by atoms with E-state index in [1.54, 1.807) is 37.3 Å². The molecule has 2 N–H and O–H groups in total. The zero-order valence-corrected chi connectivity index (χ0v) is 22.7. The van der Waals surface area contributed by atoms with Crippen LogP contribution in [0, 0.1) is 30.5 Å². The van der Waals surface area contributed by atoms with Crippen molar-refractivity contribution >= 4 is 11.6 Å². The van der Waals surface area contributed by atoms with Gasteiger partial charge in [-0.15, -0.1) is 0 Å². The first-order valence-electron chi connectivity index (χ1n) is 14.2. The first kappa shape index (κ1) is 26.7. The number of carbonyl (C=O) groups is 2. The van der Waals surface area contributed by atoms with Crippen molar-refractivity contribution in [2.45, 2.75) is 31.7 Å². The van der Waals surface area contributed by atoms with Crippen molar-refractivity contribution in [2.24, 2.45) is 17.8 Å². The normalized spacial score (nSPS) is 28.4. The van der Waals surface area contributed by atoms with Gasteiger partial charge in [0.25, 0.3) is 0 Å². The van der Waals surface area contributed by atoms with Crippen molar-refractivity contribution in [3.8, 4) is 11.5 Å². The molecule has 4 heterocycles. The van der Waals surface area contributed by atoms with Gasteiger partial charge in [-0.3, -0.25) is 14.5 Å². The topological polar surface area (TPSA) is 81.1 Å². The molecule has 7 heteroatoms. The SMILES string of the molecule is Cc1c(F)cccc1C1[C@@H](C(=O)c2cccc(O)c2)CN([C@H]2CN3CCC2CC3)C[C@H]1C(=O)c1cccc(O)c1. The number of phenols is 2. The van der Waals surface area contributed by atoms with Crippen molar-refractivity contribution in [2.75, 3.05) is 32.7 Å². The monoisotopic (exact) mass is 542 g/mol. The Bertz CT molecular complexity index is 1370. The zero-order valence-electron chi connectivity index (χ0n) is 22.7. The highest BCUT2D eigenvalue weighted by molar-refractivity contribution is 6.02. The van der Waals surface area contributed by atoms with Gasteiger partial charge in [0.15, 0.2) is 11.6 Å². The maximum atomic E-state index is 15.0. The number of hydrogen-bond acceptors (Lipinski definition) is 6. The Labute approximate surface area is 234 Å². The lowest BCUT2D eigenvalue weighted by molar-refractivity contribution is -0.0245. The fourth-order valence-corrected chi connectivity index (χ4v) is 7.36. The molecule has 0 aromatic heterocycles. The molecule has 3 aromatic carbocycles. The lowest BCUT2D eigenvalue weighted by Gasteiger charge is -2.53. The zero-order chi connectivity index (χ0) is 28.0. The number of piperidine rings is 4. The van der Waals surface area contributed by atoms with Gasteiger partial charge in [-0.1, -0.05) is 36.4 Å². The van der Waals surface area contributed by atoms with E-state index in [9.17, 15) is 24.2 Å². The molecular weight excluding hydrogens is 507 g/mol. The second-order valence-electron chi connectivity index (χ2n) is 11.7. The first-order valence-corrected chi connectivity index (χ1v) is 14.2. The van der Waals surface area contributed by atoms with Crippen LogP contribution in [0.2, 0.25) is 0 Å². The maximum Gasteiger partial charge on any atom is 0.167 e. The third-order valence-electron chi connectivity index (χ3n) is 9.42. The average Bonchev–Trinajstić information content (AvgIpc) is 2.98. The van der Waals surface area contributed by atoms with E-state index >= 15 is 0 Å². The van der Waals surface area contributed by atoms with Crippen molar-refractivity contribution in [1.82, 2.24) is 9.80 Å². The van der Waals surface area contributed by atoms with E-state index in [0.717, 1.165) is 32.5 Å². The van der Waals surface area contributed by atoms with Crippen LogP contribution in [0.15, 0.2) is 66.7 Å². The van der Waals surface area contributed by atoms with Gasteiger partial charge in [-0.25, -0.2) is 4.39 Å². The molecule has 0 aliphatic carbocycles. The highest BCUT2D eigenvalue weighted by atomic mass is 19.1. The average molecular weight is 543 g/mol. The summed E-state index contributed by atoms with van der Waals surface area (Å²) in [6.07, 6.45) is 2.20. The summed E-state index contributed by atoms with van der Waals surface area (Å²) in [6, 6.07) is 17.8. The summed E-state index contributed by atoms with van der Waals surface area (Å²) in [6.45, 7) is 5.68. The predicted octanol–water partition coefficient (Wildman–Crippen LogP) is 5.04. The third kappa shape index (κ3) is 4.93. The van der Waals surface area contributed by atoms with Crippen molar-refractivity contribution in [3.05, 3.63) is 94.8 Å². The number of carbonyl (C=O) groups excluding carboxylic acids is 2. The Kier molecular flexibility index (Phi) is 7.19. The number of phenolic OH excluding ortho intramolecular Hbond substituents is 2. The van der Waals surface area contributed by atoms with Crippen LogP contribution in [0.4, 0.5) is 4.39 Å². The summed E-state index contributed by atoms with van der Waals surface area (Å²) in [5.41, 5.74) is 1.85. The molecule has 0 saturated carbocycles. The van der Waals surface area contributed by atoms with Crippen LogP contribution >= 0.6 is 0 Å². The fraction of sp³-hybridized carbons (Fsp3) is 0.394. The number of hydrogen-bond donors (Lipinski definition) is 2. The molecule has 40 heavy (non-hydrogen) atoms. The molecule has 2 bridgehead atoms. The Hall–Kier alpha value is -3.55. The Balaban J connectivity index is 1.48. The molecule has 6 nitrogen and oxygen atoms in total. The van der Waals surface area contributed by atoms with Crippen LogP contribution in [0.3, 0.4) is 0 Å². The second kappa shape index (κ2) is 10.8. The molecule has 4 saturated heterocycles. The summed E-state index contributed by atoms with van der Waals surface area (Å²) in [4.78, 5) is 33.4. The van der Waals surface area contributed by atoms with Crippen molar-refractivity contribution in [1.29, 1.82) is 0 Å². The summed E-state index contributed by atoms with van der Waals surface area (Å²) in [5.74, 6) is -2.01. The molecule has 4 aliphatic rings. The molecule has 208 valence electrons. The number of ketones is 2. The molecule has 4 fully saturated rings. The van der Waals surface area contributed by atoms with Crippen molar-refractivity contribution < 1.29 is 24.2 Å². The molecule has 4 atom stereocenters. The van der Waals surface area contributed by atoms with Gasteiger partial charge in [0.1, 0.15) is 17.3 Å². The van der Waals surface area contributed by atoms with E-state index in [1.165, 1.54) is 30.3 Å². The van der Waals surface area contributed by atoms with Crippen LogP contribution in [0.25, 0.3) is 0 Å². The van der Waals surface area contributed by atoms with Crippen LogP contribution in [-0.2, 0) is 0 Å². The van der Waals surface area contributed by atoms with Crippen LogP contribution < -0.4 is 0 Å². The largest absolute Gasteiger partial charge is 0.508 e. The number of nitrogens with zero attached hydrogens (tertiary/aromatic N) is 2. The Morgan fingerprint density at radius 2 is 1.35 bits per heavy atom. The summed E-state index contributed by atoms with van der Waals surface area (Å²) in [7, 11) is 0. The quantitative estimate of drug-likeness (QED) is 0.425. The van der Waals surface area contributed by atoms with Gasteiger partial charge in [0, 0.05) is 54.6 Å². The standard InChI is InChI=1S/C33H35FN2O4/c1-20-26(9-4-10-29(20)34)31-27(32(39)22-5-2-7-24(37)15-22)17-36(30-19-35-13-11-21(30)12-14-35)18-28(31)33(40)23-6-3-8-25(38)16-23/h2-10,15-16,21,27-28,30-31,37-38H,11-14,17-19H2,1H3/t27-,28+,30-,31?/m0/s1. The number of benzene rings is 3. The molecule has 0 radical (unpaired) electrons. The number of Topliss-reactive ketones (excluding diaryl/α,β-unsaturated/α-hetero) is 2. The van der Waals surface area contributed by atoms with Gasteiger partial charge in [-0.2, -0.15) is 0 Å². The number of fused-ring (bicyclic) bond motifs is 3. The summed E-state index contributed by atoms with van der Waals surface area (Å²) >= 11 is 0. The van der Waals surface area contributed by atoms with Gasteiger partial charge < -0.3 is 15.1 Å². The van der Waals surface area contributed by atoms with Crippen LogP contribution in [-0.4, -0.2) is 70.3 Å². The highest BCUT2D eigenvalue weighted by Gasteiger charge is 2.49. The lowest BCUT2D eigenvalue weighted by atomic mass is 9.67. The predicted molar refractivity (Wildman–Crippen MR) is 150 cm³/mol. The number of rotatable bonds is 6. The van der Waals surface area contributed by atoms with E-state index in [4.69, 9.17) is 0 Å². The van der Waals surface area contributed by atoms with Gasteiger partial charge >= 0.3 is 0 Å². The Morgan fingerprint density at radius 1 is 0.800 bits per heavy atom. The molecular formula is C33H35FN2O4. The number of halogens is 1. The van der Waals surface area contributed by atoms with E-state index in [-0.39, 0.29) is 34.9 Å². The van der Waals surface area contributed by atoms with E-state index in [0.29, 0.717) is 41.3 Å². The molecule has 0 spiro atoms. The summed E-state index contributed by atoms with van der Waals surface area (Å²) in [5, 5.41) is 20.3. The lowest BCUT2D eigenvalue weighted by Crippen LogP contribution is -2.62.